The zero-order chi connectivity index (χ0) is 16.2. The molecule has 0 saturated heterocycles. The molecule has 1 amide bonds. The molecule has 0 unspecified atom stereocenters. The molecule has 8 heteroatoms. The Morgan fingerprint density at radius 3 is 3.00 bits per heavy atom. The van der Waals surface area contributed by atoms with Crippen LogP contribution in [0.1, 0.15) is 48.3 Å². The highest BCUT2D eigenvalue weighted by Gasteiger charge is 2.17. The zero-order valence-corrected chi connectivity index (χ0v) is 13.6. The van der Waals surface area contributed by atoms with E-state index in [9.17, 15) is 4.79 Å². The van der Waals surface area contributed by atoms with E-state index < -0.39 is 0 Å². The number of amides is 1. The number of hydrogen-bond acceptors (Lipinski definition) is 7. The number of thiophene rings is 1. The van der Waals surface area contributed by atoms with Crippen LogP contribution >= 0.6 is 11.3 Å². The normalized spacial score (nSPS) is 12.3. The third-order valence-corrected chi connectivity index (χ3v) is 4.20. The van der Waals surface area contributed by atoms with Crippen molar-refractivity contribution in [2.75, 3.05) is 0 Å². The Labute approximate surface area is 136 Å². The number of aromatic nitrogens is 3. The number of carbonyl (C=O) groups excluding carboxylic acids is 1. The van der Waals surface area contributed by atoms with Crippen LogP contribution < -0.4 is 5.32 Å². The maximum absolute atomic E-state index is 12.0. The number of hydrogen-bond donors (Lipinski definition) is 1. The van der Waals surface area contributed by atoms with Crippen molar-refractivity contribution in [3.8, 4) is 11.5 Å². The summed E-state index contributed by atoms with van der Waals surface area (Å²) in [4.78, 5) is 16.3. The number of nitrogens with zero attached hydrogens (tertiary/aromatic N) is 3. The van der Waals surface area contributed by atoms with Gasteiger partial charge in [-0.15, -0.1) is 0 Å². The molecular formula is C15H16N4O3S. The Morgan fingerprint density at radius 1 is 1.39 bits per heavy atom. The monoisotopic (exact) mass is 332 g/mol. The van der Waals surface area contributed by atoms with Crippen LogP contribution in [0.25, 0.3) is 11.5 Å². The molecule has 0 saturated carbocycles. The van der Waals surface area contributed by atoms with E-state index in [1.807, 2.05) is 23.8 Å². The molecule has 3 heterocycles. The SMILES string of the molecule is CC[C@H](C)c1cc(C(=O)NCc2noc(-c3ccsc3)n2)on1. The molecule has 1 atom stereocenters. The van der Waals surface area contributed by atoms with Gasteiger partial charge in [-0.3, -0.25) is 4.79 Å². The fraction of sp³-hybridized carbons (Fsp3) is 0.333. The van der Waals surface area contributed by atoms with Crippen LogP contribution in [0, 0.1) is 0 Å². The molecule has 0 aliphatic carbocycles. The Hall–Kier alpha value is -2.48. The third-order valence-electron chi connectivity index (χ3n) is 3.51. The first-order valence-corrected chi connectivity index (χ1v) is 8.21. The van der Waals surface area contributed by atoms with Gasteiger partial charge in [0, 0.05) is 17.4 Å². The summed E-state index contributed by atoms with van der Waals surface area (Å²) in [7, 11) is 0. The van der Waals surface area contributed by atoms with Gasteiger partial charge in [-0.2, -0.15) is 16.3 Å². The number of rotatable bonds is 6. The highest BCUT2D eigenvalue weighted by molar-refractivity contribution is 7.08. The maximum Gasteiger partial charge on any atom is 0.290 e. The first-order chi connectivity index (χ1) is 11.2. The zero-order valence-electron chi connectivity index (χ0n) is 12.8. The Kier molecular flexibility index (Phi) is 4.52. The van der Waals surface area contributed by atoms with Crippen LogP contribution in [-0.2, 0) is 6.54 Å². The molecule has 0 aliphatic heterocycles. The van der Waals surface area contributed by atoms with Crippen molar-refractivity contribution in [2.24, 2.45) is 0 Å². The van der Waals surface area contributed by atoms with Gasteiger partial charge in [0.2, 0.25) is 5.76 Å². The lowest BCUT2D eigenvalue weighted by Gasteiger charge is -2.00. The minimum atomic E-state index is -0.353. The molecule has 0 aliphatic rings. The Morgan fingerprint density at radius 2 is 2.26 bits per heavy atom. The number of nitrogens with one attached hydrogen (secondary N) is 1. The van der Waals surface area contributed by atoms with E-state index in [0.717, 1.165) is 17.7 Å². The van der Waals surface area contributed by atoms with Crippen molar-refractivity contribution < 1.29 is 13.8 Å². The average molecular weight is 332 g/mol. The van der Waals surface area contributed by atoms with Crippen molar-refractivity contribution in [2.45, 2.75) is 32.7 Å². The highest BCUT2D eigenvalue weighted by Crippen LogP contribution is 2.20. The minimum Gasteiger partial charge on any atom is -0.351 e. The summed E-state index contributed by atoms with van der Waals surface area (Å²) < 4.78 is 10.2. The van der Waals surface area contributed by atoms with E-state index in [1.165, 1.54) is 0 Å². The van der Waals surface area contributed by atoms with Crippen molar-refractivity contribution in [1.29, 1.82) is 0 Å². The lowest BCUT2D eigenvalue weighted by Crippen LogP contribution is -2.22. The lowest BCUT2D eigenvalue weighted by molar-refractivity contribution is 0.0912. The standard InChI is InChI=1S/C15H16N4O3S/c1-3-9(2)11-6-12(21-18-11)14(20)16-7-13-17-15(22-19-13)10-4-5-23-8-10/h4-6,8-9H,3,7H2,1-2H3,(H,16,20)/t9-/m0/s1. The molecule has 7 nitrogen and oxygen atoms in total. The summed E-state index contributed by atoms with van der Waals surface area (Å²) in [5, 5.41) is 14.3. The van der Waals surface area contributed by atoms with Crippen LogP contribution in [0.15, 0.2) is 31.9 Å². The lowest BCUT2D eigenvalue weighted by atomic mass is 10.1. The van der Waals surface area contributed by atoms with E-state index >= 15 is 0 Å². The van der Waals surface area contributed by atoms with Gasteiger partial charge in [0.25, 0.3) is 11.8 Å². The molecule has 0 radical (unpaired) electrons. The molecule has 1 N–H and O–H groups in total. The van der Waals surface area contributed by atoms with E-state index in [0.29, 0.717) is 11.7 Å². The summed E-state index contributed by atoms with van der Waals surface area (Å²) in [6.07, 6.45) is 0.932. The maximum atomic E-state index is 12.0. The second-order valence-electron chi connectivity index (χ2n) is 5.14. The molecule has 3 aromatic heterocycles. The van der Waals surface area contributed by atoms with Crippen molar-refractivity contribution in [1.82, 2.24) is 20.6 Å². The van der Waals surface area contributed by atoms with E-state index in [4.69, 9.17) is 9.05 Å². The molecule has 0 bridgehead atoms. The number of carbonyl (C=O) groups is 1. The highest BCUT2D eigenvalue weighted by atomic mass is 32.1. The molecule has 0 aromatic carbocycles. The van der Waals surface area contributed by atoms with Crippen LogP contribution in [0.5, 0.6) is 0 Å². The smallest absolute Gasteiger partial charge is 0.290 e. The van der Waals surface area contributed by atoms with E-state index in [1.54, 1.807) is 17.4 Å². The summed E-state index contributed by atoms with van der Waals surface area (Å²) in [6.45, 7) is 4.25. The molecule has 23 heavy (non-hydrogen) atoms. The summed E-state index contributed by atoms with van der Waals surface area (Å²) >= 11 is 1.55. The fourth-order valence-corrected chi connectivity index (χ4v) is 2.54. The first-order valence-electron chi connectivity index (χ1n) is 7.27. The first kappa shape index (κ1) is 15.4. The van der Waals surface area contributed by atoms with Gasteiger partial charge in [0.15, 0.2) is 5.82 Å². The van der Waals surface area contributed by atoms with Gasteiger partial charge in [0.1, 0.15) is 0 Å². The Balaban J connectivity index is 1.60. The molecule has 120 valence electrons. The van der Waals surface area contributed by atoms with Crippen LogP contribution in [0.4, 0.5) is 0 Å². The third kappa shape index (κ3) is 3.48. The largest absolute Gasteiger partial charge is 0.351 e. The summed E-state index contributed by atoms with van der Waals surface area (Å²) in [5.74, 6) is 0.928. The second-order valence-corrected chi connectivity index (χ2v) is 5.92. The predicted octanol–water partition coefficient (Wildman–Crippen LogP) is 3.23. The van der Waals surface area contributed by atoms with E-state index in [2.05, 4.69) is 27.5 Å². The Bertz CT molecular complexity index is 778. The second kappa shape index (κ2) is 6.74. The molecule has 3 rings (SSSR count). The van der Waals surface area contributed by atoms with Crippen LogP contribution in [0.3, 0.4) is 0 Å². The van der Waals surface area contributed by atoms with Gasteiger partial charge < -0.3 is 14.4 Å². The van der Waals surface area contributed by atoms with Crippen molar-refractivity contribution in [3.63, 3.8) is 0 Å². The van der Waals surface area contributed by atoms with Gasteiger partial charge in [-0.1, -0.05) is 24.2 Å². The average Bonchev–Trinajstić information content (AvgIpc) is 3.32. The van der Waals surface area contributed by atoms with Gasteiger partial charge in [-0.05, 0) is 17.9 Å². The topological polar surface area (TPSA) is 94.1 Å². The van der Waals surface area contributed by atoms with Crippen molar-refractivity contribution in [3.05, 3.63) is 40.2 Å². The van der Waals surface area contributed by atoms with Gasteiger partial charge in [0.05, 0.1) is 17.8 Å². The van der Waals surface area contributed by atoms with Crippen LogP contribution in [0.2, 0.25) is 0 Å². The minimum absolute atomic E-state index is 0.159. The van der Waals surface area contributed by atoms with E-state index in [-0.39, 0.29) is 24.1 Å². The fourth-order valence-electron chi connectivity index (χ4n) is 1.91. The van der Waals surface area contributed by atoms with Crippen LogP contribution in [-0.4, -0.2) is 21.2 Å². The molecule has 3 aromatic rings. The summed E-state index contributed by atoms with van der Waals surface area (Å²) in [6, 6.07) is 3.56. The quantitative estimate of drug-likeness (QED) is 0.745. The molecule has 0 spiro atoms. The van der Waals surface area contributed by atoms with Crippen molar-refractivity contribution >= 4 is 17.2 Å². The molecule has 0 fully saturated rings. The molecular weight excluding hydrogens is 316 g/mol. The predicted molar refractivity (Wildman–Crippen MR) is 84.0 cm³/mol. The summed E-state index contributed by atoms with van der Waals surface area (Å²) in [5.41, 5.74) is 1.64. The van der Waals surface area contributed by atoms with Gasteiger partial charge in [-0.25, -0.2) is 0 Å². The van der Waals surface area contributed by atoms with Gasteiger partial charge >= 0.3 is 0 Å².